The predicted molar refractivity (Wildman–Crippen MR) is 156 cm³/mol. The second-order valence-corrected chi connectivity index (χ2v) is 12.3. The second-order valence-electron chi connectivity index (χ2n) is 11.5. The molecule has 0 saturated carbocycles. The van der Waals surface area contributed by atoms with Crippen molar-refractivity contribution in [3.63, 3.8) is 0 Å². The van der Waals surface area contributed by atoms with Gasteiger partial charge in [0.05, 0.1) is 5.52 Å². The number of benzene rings is 3. The van der Waals surface area contributed by atoms with Crippen LogP contribution < -0.4 is 0 Å². The number of ketones is 1. The van der Waals surface area contributed by atoms with Gasteiger partial charge in [-0.05, 0) is 51.3 Å². The summed E-state index contributed by atoms with van der Waals surface area (Å²) in [6.07, 6.45) is 4.07. The van der Waals surface area contributed by atoms with Crippen LogP contribution in [0, 0.1) is 0 Å². The molecule has 0 aliphatic carbocycles. The van der Waals surface area contributed by atoms with Gasteiger partial charge in [0.25, 0.3) is 0 Å². The lowest BCUT2D eigenvalue weighted by molar-refractivity contribution is -0.113. The lowest BCUT2D eigenvalue weighted by Gasteiger charge is -2.20. The Balaban J connectivity index is 1.77. The summed E-state index contributed by atoms with van der Waals surface area (Å²) in [5, 5.41) is 1.03. The quantitative estimate of drug-likeness (QED) is 0.187. The molecule has 3 aromatic carbocycles. The van der Waals surface area contributed by atoms with Crippen LogP contribution in [0.3, 0.4) is 0 Å². The molecule has 0 amide bonds. The van der Waals surface area contributed by atoms with Crippen molar-refractivity contribution in [3.8, 4) is 0 Å². The molecule has 1 heterocycles. The minimum Gasteiger partial charge on any atom is -0.294 e. The van der Waals surface area contributed by atoms with E-state index >= 15 is 0 Å². The fourth-order valence-corrected chi connectivity index (χ4v) is 4.79. The van der Waals surface area contributed by atoms with Crippen molar-refractivity contribution in [2.24, 2.45) is 0 Å². The summed E-state index contributed by atoms with van der Waals surface area (Å²) in [5.41, 5.74) is 7.07. The molecule has 0 fully saturated rings. The first-order valence-electron chi connectivity index (χ1n) is 12.4. The van der Waals surface area contributed by atoms with E-state index in [0.717, 1.165) is 32.1 Å². The summed E-state index contributed by atoms with van der Waals surface area (Å²) in [4.78, 5) is 18.5. The Kier molecular flexibility index (Phi) is 7.33. The number of aromatic nitrogens is 1. The number of rotatable bonds is 5. The summed E-state index contributed by atoms with van der Waals surface area (Å²) in [6.45, 7) is 13.2. The van der Waals surface area contributed by atoms with E-state index in [9.17, 15) is 4.79 Å². The average Bonchev–Trinajstić information content (AvgIpc) is 2.83. The Hall–Kier alpha value is -3.04. The van der Waals surface area contributed by atoms with Crippen LogP contribution in [0.4, 0.5) is 0 Å². The standard InChI is InChI=1S/C33H34BrNO/c1-32(2,3)25-14-9-22(10-15-25)20-27(23-11-16-26(17-12-23)33(4,5)6)30(36)21-28-29(34)18-13-24-8-7-19-35-31(24)28/h7-20H,21H2,1-6H3/b27-20+. The average molecular weight is 541 g/mol. The summed E-state index contributed by atoms with van der Waals surface area (Å²) in [5.74, 6) is 0.0669. The highest BCUT2D eigenvalue weighted by atomic mass is 79.9. The largest absolute Gasteiger partial charge is 0.294 e. The smallest absolute Gasteiger partial charge is 0.167 e. The number of pyridine rings is 1. The maximum atomic E-state index is 13.9. The number of Topliss-reactive ketones (excluding diaryl/α,β-unsaturated/α-hetero) is 1. The van der Waals surface area contributed by atoms with Crippen LogP contribution in [0.1, 0.15) is 69.4 Å². The van der Waals surface area contributed by atoms with Crippen LogP contribution in [0.15, 0.2) is 83.5 Å². The van der Waals surface area contributed by atoms with Gasteiger partial charge in [-0.15, -0.1) is 0 Å². The molecule has 0 saturated heterocycles. The van der Waals surface area contributed by atoms with E-state index in [4.69, 9.17) is 0 Å². The molecule has 36 heavy (non-hydrogen) atoms. The van der Waals surface area contributed by atoms with Crippen LogP contribution >= 0.6 is 15.9 Å². The molecule has 3 heteroatoms. The van der Waals surface area contributed by atoms with Gasteiger partial charge >= 0.3 is 0 Å². The summed E-state index contributed by atoms with van der Waals surface area (Å²) in [6, 6.07) is 24.9. The highest BCUT2D eigenvalue weighted by Gasteiger charge is 2.19. The second kappa shape index (κ2) is 10.1. The Labute approximate surface area is 223 Å². The minimum absolute atomic E-state index is 0.0503. The van der Waals surface area contributed by atoms with Crippen LogP contribution in [-0.2, 0) is 22.0 Å². The fourth-order valence-electron chi connectivity index (χ4n) is 4.33. The summed E-state index contributed by atoms with van der Waals surface area (Å²) >= 11 is 3.66. The van der Waals surface area contributed by atoms with Crippen LogP contribution in [0.5, 0.6) is 0 Å². The molecule has 0 bridgehead atoms. The number of nitrogens with zero attached hydrogens (tertiary/aromatic N) is 1. The Morgan fingerprint density at radius 1 is 0.806 bits per heavy atom. The molecule has 184 valence electrons. The molecule has 4 aromatic rings. The predicted octanol–water partition coefficient (Wildman–Crippen LogP) is 8.94. The number of fused-ring (bicyclic) bond motifs is 1. The molecule has 0 N–H and O–H groups in total. The van der Waals surface area contributed by atoms with E-state index in [1.165, 1.54) is 11.1 Å². The molecule has 0 aliphatic heterocycles. The molecule has 0 radical (unpaired) electrons. The Morgan fingerprint density at radius 2 is 1.39 bits per heavy atom. The van der Waals surface area contributed by atoms with Crippen molar-refractivity contribution < 1.29 is 4.79 Å². The molecule has 4 rings (SSSR count). The van der Waals surface area contributed by atoms with E-state index in [0.29, 0.717) is 5.57 Å². The van der Waals surface area contributed by atoms with Crippen molar-refractivity contribution in [2.45, 2.75) is 58.8 Å². The van der Waals surface area contributed by atoms with E-state index < -0.39 is 0 Å². The van der Waals surface area contributed by atoms with E-state index in [1.54, 1.807) is 6.20 Å². The molecule has 0 atom stereocenters. The van der Waals surface area contributed by atoms with Gasteiger partial charge in [0, 0.05) is 33.6 Å². The lowest BCUT2D eigenvalue weighted by Crippen LogP contribution is -2.12. The lowest BCUT2D eigenvalue weighted by atomic mass is 9.85. The molecule has 0 spiro atoms. The SMILES string of the molecule is CC(C)(C)c1ccc(/C=C(/C(=O)Cc2c(Br)ccc3cccnc23)c2ccc(C(C)(C)C)cc2)cc1. The van der Waals surface area contributed by atoms with Gasteiger partial charge in [0.2, 0.25) is 0 Å². The maximum Gasteiger partial charge on any atom is 0.167 e. The molecule has 2 nitrogen and oxygen atoms in total. The Morgan fingerprint density at radius 3 is 1.97 bits per heavy atom. The highest BCUT2D eigenvalue weighted by Crippen LogP contribution is 2.31. The third kappa shape index (κ3) is 5.84. The Bertz CT molecular complexity index is 1420. The monoisotopic (exact) mass is 539 g/mol. The van der Waals surface area contributed by atoms with E-state index in [-0.39, 0.29) is 23.0 Å². The van der Waals surface area contributed by atoms with Crippen molar-refractivity contribution in [1.82, 2.24) is 4.98 Å². The van der Waals surface area contributed by atoms with Gasteiger partial charge in [-0.25, -0.2) is 0 Å². The number of hydrogen-bond donors (Lipinski definition) is 0. The van der Waals surface area contributed by atoms with Gasteiger partial charge in [0.15, 0.2) is 5.78 Å². The van der Waals surface area contributed by atoms with Crippen LogP contribution in [0.25, 0.3) is 22.6 Å². The first-order valence-corrected chi connectivity index (χ1v) is 13.2. The van der Waals surface area contributed by atoms with Crippen molar-refractivity contribution >= 4 is 44.3 Å². The zero-order valence-corrected chi connectivity index (χ0v) is 23.6. The zero-order chi connectivity index (χ0) is 26.1. The molecular weight excluding hydrogens is 506 g/mol. The molecule has 1 aromatic heterocycles. The summed E-state index contributed by atoms with van der Waals surface area (Å²) < 4.78 is 0.902. The van der Waals surface area contributed by atoms with Gasteiger partial charge < -0.3 is 0 Å². The highest BCUT2D eigenvalue weighted by molar-refractivity contribution is 9.10. The van der Waals surface area contributed by atoms with Crippen molar-refractivity contribution in [2.75, 3.05) is 0 Å². The fraction of sp³-hybridized carbons (Fsp3) is 0.273. The molecular formula is C33H34BrNO. The third-order valence-corrected chi connectivity index (χ3v) is 7.35. The zero-order valence-electron chi connectivity index (χ0n) is 22.0. The van der Waals surface area contributed by atoms with E-state index in [1.807, 2.05) is 30.3 Å². The first kappa shape index (κ1) is 26.0. The van der Waals surface area contributed by atoms with Gasteiger partial charge in [0.1, 0.15) is 0 Å². The van der Waals surface area contributed by atoms with E-state index in [2.05, 4.69) is 111 Å². The summed E-state index contributed by atoms with van der Waals surface area (Å²) in [7, 11) is 0. The number of halogens is 1. The van der Waals surface area contributed by atoms with Gasteiger partial charge in [-0.3, -0.25) is 9.78 Å². The normalized spacial score (nSPS) is 12.7. The molecule has 0 aliphatic rings. The molecule has 0 unspecified atom stereocenters. The number of carbonyl (C=O) groups is 1. The first-order chi connectivity index (χ1) is 16.9. The van der Waals surface area contributed by atoms with Crippen molar-refractivity contribution in [3.05, 3.63) is 111 Å². The number of carbonyl (C=O) groups excluding carboxylic acids is 1. The topological polar surface area (TPSA) is 30.0 Å². The van der Waals surface area contributed by atoms with Gasteiger partial charge in [-0.1, -0.05) is 118 Å². The number of hydrogen-bond acceptors (Lipinski definition) is 2. The van der Waals surface area contributed by atoms with Gasteiger partial charge in [-0.2, -0.15) is 0 Å². The maximum absolute atomic E-state index is 13.9. The number of allylic oxidation sites excluding steroid dienone is 1. The third-order valence-electron chi connectivity index (χ3n) is 6.61. The van der Waals surface area contributed by atoms with Crippen LogP contribution in [0.2, 0.25) is 0 Å². The van der Waals surface area contributed by atoms with Crippen molar-refractivity contribution in [1.29, 1.82) is 0 Å². The minimum atomic E-state index is 0.0503. The van der Waals surface area contributed by atoms with Crippen LogP contribution in [-0.4, -0.2) is 10.8 Å².